The van der Waals surface area contributed by atoms with Crippen molar-refractivity contribution < 1.29 is 80.2 Å². The molecule has 0 aromatic heterocycles. The van der Waals surface area contributed by atoms with Crippen molar-refractivity contribution in [2.45, 2.75) is 438 Å². The Morgan fingerprint density at radius 3 is 0.804 bits per heavy atom. The van der Waals surface area contributed by atoms with Gasteiger partial charge in [-0.1, -0.05) is 367 Å². The first-order chi connectivity index (χ1) is 49.5. The maximum absolute atomic E-state index is 13.1. The molecule has 19 heteroatoms. The molecule has 17 nitrogen and oxygen atoms in total. The molecule has 0 spiro atoms. The van der Waals surface area contributed by atoms with Gasteiger partial charge in [0.2, 0.25) is 0 Å². The van der Waals surface area contributed by atoms with Crippen molar-refractivity contribution >= 4 is 39.5 Å². The normalized spacial score (nSPS) is 14.0. The van der Waals surface area contributed by atoms with E-state index in [1.165, 1.54) is 225 Å². The lowest BCUT2D eigenvalue weighted by molar-refractivity contribution is -0.161. The smallest absolute Gasteiger partial charge is 0.462 e. The molecule has 0 aliphatic heterocycles. The van der Waals surface area contributed by atoms with E-state index in [1.54, 1.807) is 0 Å². The highest BCUT2D eigenvalue weighted by atomic mass is 31.2. The molecular formula is C83H158O17P2. The number of allylic oxidation sites excluding steroid dienone is 4. The zero-order valence-electron chi connectivity index (χ0n) is 66.2. The van der Waals surface area contributed by atoms with Gasteiger partial charge in [-0.05, 0) is 57.3 Å². The van der Waals surface area contributed by atoms with E-state index in [0.29, 0.717) is 25.7 Å². The first-order valence-electron chi connectivity index (χ1n) is 42.5. The summed E-state index contributed by atoms with van der Waals surface area (Å²) in [6.45, 7) is 7.27. The molecule has 0 radical (unpaired) electrons. The zero-order chi connectivity index (χ0) is 74.8. The first kappa shape index (κ1) is 99.5. The zero-order valence-corrected chi connectivity index (χ0v) is 68.0. The largest absolute Gasteiger partial charge is 0.472 e. The van der Waals surface area contributed by atoms with Gasteiger partial charge in [0.1, 0.15) is 19.3 Å². The van der Waals surface area contributed by atoms with Gasteiger partial charge in [-0.2, -0.15) is 0 Å². The lowest BCUT2D eigenvalue weighted by Crippen LogP contribution is -2.30. The topological polar surface area (TPSA) is 237 Å². The van der Waals surface area contributed by atoms with Crippen LogP contribution in [0.3, 0.4) is 0 Å². The Bertz CT molecular complexity index is 2040. The van der Waals surface area contributed by atoms with Crippen molar-refractivity contribution in [3.8, 4) is 0 Å². The molecule has 0 heterocycles. The molecule has 0 aliphatic carbocycles. The van der Waals surface area contributed by atoms with Gasteiger partial charge in [-0.25, -0.2) is 9.13 Å². The molecule has 0 fully saturated rings. The molecule has 3 N–H and O–H groups in total. The summed E-state index contributed by atoms with van der Waals surface area (Å²) in [7, 11) is -9.93. The van der Waals surface area contributed by atoms with Crippen LogP contribution < -0.4 is 0 Å². The monoisotopic (exact) mass is 1490 g/mol. The molecule has 0 bridgehead atoms. The van der Waals surface area contributed by atoms with Crippen LogP contribution in [0.15, 0.2) is 24.3 Å². The van der Waals surface area contributed by atoms with E-state index in [0.717, 1.165) is 115 Å². The van der Waals surface area contributed by atoms with E-state index < -0.39 is 97.5 Å². The number of esters is 4. The molecule has 0 saturated heterocycles. The average molecular weight is 1490 g/mol. The van der Waals surface area contributed by atoms with Gasteiger partial charge in [-0.15, -0.1) is 0 Å². The molecule has 0 rings (SSSR count). The average Bonchev–Trinajstić information content (AvgIpc) is 1.01. The SMILES string of the molecule is CCCCCC/C=C\C=C/CCCCCCCC(=O)O[C@H](COC(=O)CCCCCCCCCC)COP(=O)(O)OC[C@H](O)COP(=O)(O)OC[C@@H](COC(=O)CCCCCCCCCCCCCCCCCC(C)C)OC(=O)CCCCCCCCCCCCCCCCCCCCCCC. The fourth-order valence-electron chi connectivity index (χ4n) is 12.4. The van der Waals surface area contributed by atoms with Crippen LogP contribution in [0.25, 0.3) is 0 Å². The number of carbonyl (C=O) groups excluding carboxylic acids is 4. The van der Waals surface area contributed by atoms with Gasteiger partial charge in [0.25, 0.3) is 0 Å². The molecule has 5 atom stereocenters. The summed E-state index contributed by atoms with van der Waals surface area (Å²) in [5, 5.41) is 10.6. The number of ether oxygens (including phenoxy) is 4. The van der Waals surface area contributed by atoms with Crippen LogP contribution in [-0.2, 0) is 65.4 Å². The molecule has 0 aromatic carbocycles. The minimum absolute atomic E-state index is 0.0853. The summed E-state index contributed by atoms with van der Waals surface area (Å²) in [5.41, 5.74) is 0. The van der Waals surface area contributed by atoms with E-state index in [2.05, 4.69) is 58.9 Å². The van der Waals surface area contributed by atoms with Crippen molar-refractivity contribution in [2.24, 2.45) is 5.92 Å². The molecule has 0 saturated carbocycles. The minimum Gasteiger partial charge on any atom is -0.462 e. The van der Waals surface area contributed by atoms with Crippen LogP contribution in [-0.4, -0.2) is 96.7 Å². The number of carbonyl (C=O) groups is 4. The Kier molecular flexibility index (Phi) is 73.5. The van der Waals surface area contributed by atoms with Gasteiger partial charge >= 0.3 is 39.5 Å². The van der Waals surface area contributed by atoms with Crippen molar-refractivity contribution in [2.75, 3.05) is 39.6 Å². The number of aliphatic hydroxyl groups excluding tert-OH is 1. The summed E-state index contributed by atoms with van der Waals surface area (Å²) in [5.74, 6) is -1.33. The van der Waals surface area contributed by atoms with Gasteiger partial charge in [0.05, 0.1) is 26.4 Å². The molecule has 2 unspecified atom stereocenters. The maximum Gasteiger partial charge on any atom is 0.472 e. The molecule has 602 valence electrons. The molecule has 0 aromatic rings. The van der Waals surface area contributed by atoms with Crippen molar-refractivity contribution in [3.63, 3.8) is 0 Å². The Morgan fingerprint density at radius 1 is 0.304 bits per heavy atom. The number of hydrogen-bond acceptors (Lipinski definition) is 15. The number of hydrogen-bond donors (Lipinski definition) is 3. The number of phosphoric ester groups is 2. The second-order valence-electron chi connectivity index (χ2n) is 29.7. The highest BCUT2D eigenvalue weighted by molar-refractivity contribution is 7.47. The Balaban J connectivity index is 5.22. The summed E-state index contributed by atoms with van der Waals surface area (Å²) in [6.07, 6.45) is 70.4. The van der Waals surface area contributed by atoms with Gasteiger partial charge in [0, 0.05) is 25.7 Å². The third kappa shape index (κ3) is 75.8. The van der Waals surface area contributed by atoms with Gasteiger partial charge in [0.15, 0.2) is 12.2 Å². The lowest BCUT2D eigenvalue weighted by atomic mass is 10.0. The molecule has 0 aliphatic rings. The fourth-order valence-corrected chi connectivity index (χ4v) is 14.0. The van der Waals surface area contributed by atoms with Crippen LogP contribution >= 0.6 is 15.6 Å². The fraction of sp³-hybridized carbons (Fsp3) is 0.904. The first-order valence-corrected chi connectivity index (χ1v) is 45.4. The van der Waals surface area contributed by atoms with E-state index in [4.69, 9.17) is 37.0 Å². The summed E-state index contributed by atoms with van der Waals surface area (Å²) < 4.78 is 68.6. The molecular weight excluding hydrogens is 1330 g/mol. The summed E-state index contributed by atoms with van der Waals surface area (Å²) in [4.78, 5) is 73.0. The standard InChI is InChI=1S/C83H158O17P2/c1-6-9-12-15-18-21-23-25-27-28-29-30-31-32-36-41-45-49-54-59-64-69-83(88)100-79(73-94-81(86)67-62-57-52-47-43-39-37-33-35-38-42-46-50-55-60-65-76(4)5)75-98-102(91,92)96-71-77(84)70-95-101(89,90)97-74-78(72-93-80(85)66-61-56-51-20-17-14-11-8-3)99-82(87)68-63-58-53-48-44-40-34-26-24-22-19-16-13-10-7-2/h22,24,26,34,76-79,84H,6-21,23,25,27-33,35-75H2,1-5H3,(H,89,90)(H,91,92)/b24-22-,34-26-/t77-,78+,79+/m0/s1. The summed E-state index contributed by atoms with van der Waals surface area (Å²) >= 11 is 0. The minimum atomic E-state index is -4.97. The van der Waals surface area contributed by atoms with Crippen LogP contribution in [0.4, 0.5) is 0 Å². The highest BCUT2D eigenvalue weighted by Crippen LogP contribution is 2.45. The number of aliphatic hydroxyl groups is 1. The lowest BCUT2D eigenvalue weighted by Gasteiger charge is -2.21. The van der Waals surface area contributed by atoms with Crippen molar-refractivity contribution in [3.05, 3.63) is 24.3 Å². The molecule has 0 amide bonds. The second kappa shape index (κ2) is 75.4. The van der Waals surface area contributed by atoms with Crippen molar-refractivity contribution in [1.82, 2.24) is 0 Å². The van der Waals surface area contributed by atoms with Crippen LogP contribution in [0.5, 0.6) is 0 Å². The number of phosphoric acid groups is 2. The highest BCUT2D eigenvalue weighted by Gasteiger charge is 2.30. The quantitative estimate of drug-likeness (QED) is 0.0169. The van der Waals surface area contributed by atoms with Gasteiger partial charge in [-0.3, -0.25) is 37.3 Å². The van der Waals surface area contributed by atoms with Crippen LogP contribution in [0.2, 0.25) is 0 Å². The van der Waals surface area contributed by atoms with Crippen LogP contribution in [0, 0.1) is 5.92 Å². The predicted molar refractivity (Wildman–Crippen MR) is 418 cm³/mol. The maximum atomic E-state index is 13.1. The van der Waals surface area contributed by atoms with E-state index in [9.17, 15) is 43.2 Å². The van der Waals surface area contributed by atoms with E-state index in [-0.39, 0.29) is 25.7 Å². The molecule has 102 heavy (non-hydrogen) atoms. The third-order valence-corrected chi connectivity index (χ3v) is 20.8. The number of unbranched alkanes of at least 4 members (excludes halogenated alkanes) is 50. The van der Waals surface area contributed by atoms with Crippen LogP contribution in [0.1, 0.15) is 420 Å². The van der Waals surface area contributed by atoms with Gasteiger partial charge < -0.3 is 33.8 Å². The Labute approximate surface area is 624 Å². The van der Waals surface area contributed by atoms with Crippen molar-refractivity contribution in [1.29, 1.82) is 0 Å². The van der Waals surface area contributed by atoms with E-state index in [1.807, 2.05) is 0 Å². The predicted octanol–water partition coefficient (Wildman–Crippen LogP) is 24.8. The number of rotatable bonds is 81. The second-order valence-corrected chi connectivity index (χ2v) is 32.6. The Hall–Kier alpha value is -2.46. The summed E-state index contributed by atoms with van der Waals surface area (Å²) in [6, 6.07) is 0. The third-order valence-electron chi connectivity index (χ3n) is 18.9. The Morgan fingerprint density at radius 2 is 0.529 bits per heavy atom. The van der Waals surface area contributed by atoms with E-state index >= 15 is 0 Å².